The standard InChI is InChI=1S/C14H23N3O/c1-18-13-12-17-10-8-16(9-11-17)7-4-14-2-5-15-6-3-14/h2-3,5-6H,4,7-13H2,1H3. The van der Waals surface area contributed by atoms with E-state index in [2.05, 4.69) is 26.9 Å². The topological polar surface area (TPSA) is 28.6 Å². The highest BCUT2D eigenvalue weighted by atomic mass is 16.5. The van der Waals surface area contributed by atoms with Crippen LogP contribution >= 0.6 is 0 Å². The summed E-state index contributed by atoms with van der Waals surface area (Å²) < 4.78 is 5.12. The van der Waals surface area contributed by atoms with Gasteiger partial charge in [-0.25, -0.2) is 0 Å². The number of nitrogens with zero attached hydrogens (tertiary/aromatic N) is 3. The molecule has 4 nitrogen and oxygen atoms in total. The van der Waals surface area contributed by atoms with E-state index in [9.17, 15) is 0 Å². The zero-order valence-corrected chi connectivity index (χ0v) is 11.2. The molecule has 0 spiro atoms. The second kappa shape index (κ2) is 7.46. The van der Waals surface area contributed by atoms with Gasteiger partial charge in [0.2, 0.25) is 0 Å². The monoisotopic (exact) mass is 249 g/mol. The van der Waals surface area contributed by atoms with E-state index in [1.54, 1.807) is 7.11 Å². The van der Waals surface area contributed by atoms with Gasteiger partial charge in [-0.15, -0.1) is 0 Å². The third-order valence-corrected chi connectivity index (χ3v) is 3.54. The highest BCUT2D eigenvalue weighted by Gasteiger charge is 2.15. The van der Waals surface area contributed by atoms with Crippen LogP contribution in [-0.2, 0) is 11.2 Å². The van der Waals surface area contributed by atoms with Crippen molar-refractivity contribution in [1.82, 2.24) is 14.8 Å². The minimum atomic E-state index is 0.844. The molecular weight excluding hydrogens is 226 g/mol. The summed E-state index contributed by atoms with van der Waals surface area (Å²) >= 11 is 0. The molecular formula is C14H23N3O. The van der Waals surface area contributed by atoms with E-state index in [0.717, 1.165) is 26.1 Å². The third-order valence-electron chi connectivity index (χ3n) is 3.54. The van der Waals surface area contributed by atoms with Crippen LogP contribution < -0.4 is 0 Å². The van der Waals surface area contributed by atoms with Gasteiger partial charge in [-0.05, 0) is 24.1 Å². The normalized spacial score (nSPS) is 18.1. The van der Waals surface area contributed by atoms with Crippen molar-refractivity contribution in [1.29, 1.82) is 0 Å². The molecule has 1 aromatic heterocycles. The van der Waals surface area contributed by atoms with Crippen LogP contribution in [0.3, 0.4) is 0 Å². The smallest absolute Gasteiger partial charge is 0.0589 e. The summed E-state index contributed by atoms with van der Waals surface area (Å²) in [7, 11) is 1.77. The Hall–Kier alpha value is -0.970. The van der Waals surface area contributed by atoms with Gasteiger partial charge in [0.05, 0.1) is 6.61 Å². The molecule has 1 aromatic rings. The van der Waals surface area contributed by atoms with E-state index in [4.69, 9.17) is 4.74 Å². The van der Waals surface area contributed by atoms with Gasteiger partial charge in [0.25, 0.3) is 0 Å². The fourth-order valence-corrected chi connectivity index (χ4v) is 2.29. The Bertz CT molecular complexity index is 323. The number of piperazine rings is 1. The molecule has 0 unspecified atom stereocenters. The van der Waals surface area contributed by atoms with E-state index in [-0.39, 0.29) is 0 Å². The SMILES string of the molecule is COCCN1CCN(CCc2ccncc2)CC1. The van der Waals surface area contributed by atoms with E-state index in [1.165, 1.54) is 31.7 Å². The maximum Gasteiger partial charge on any atom is 0.0589 e. The average Bonchev–Trinajstić information content (AvgIpc) is 2.45. The number of methoxy groups -OCH3 is 1. The van der Waals surface area contributed by atoms with Gasteiger partial charge in [0, 0.05) is 58.8 Å². The van der Waals surface area contributed by atoms with E-state index in [1.807, 2.05) is 12.4 Å². The van der Waals surface area contributed by atoms with Gasteiger partial charge in [0.1, 0.15) is 0 Å². The second-order valence-electron chi connectivity index (χ2n) is 4.78. The van der Waals surface area contributed by atoms with Gasteiger partial charge in [-0.3, -0.25) is 9.88 Å². The molecule has 1 aliphatic heterocycles. The molecule has 1 aliphatic rings. The Labute approximate surface area is 110 Å². The fourth-order valence-electron chi connectivity index (χ4n) is 2.29. The van der Waals surface area contributed by atoms with E-state index in [0.29, 0.717) is 0 Å². The highest BCUT2D eigenvalue weighted by Crippen LogP contribution is 2.04. The molecule has 2 heterocycles. The van der Waals surface area contributed by atoms with Crippen molar-refractivity contribution in [2.45, 2.75) is 6.42 Å². The third kappa shape index (κ3) is 4.37. The van der Waals surface area contributed by atoms with Gasteiger partial charge in [-0.2, -0.15) is 0 Å². The largest absolute Gasteiger partial charge is 0.383 e. The molecule has 4 heteroatoms. The Morgan fingerprint density at radius 2 is 1.67 bits per heavy atom. The summed E-state index contributed by atoms with van der Waals surface area (Å²) in [4.78, 5) is 9.07. The first-order valence-electron chi connectivity index (χ1n) is 6.71. The molecule has 0 atom stereocenters. The van der Waals surface area contributed by atoms with Crippen LogP contribution in [0, 0.1) is 0 Å². The minimum Gasteiger partial charge on any atom is -0.383 e. The van der Waals surface area contributed by atoms with Crippen LogP contribution in [0.25, 0.3) is 0 Å². The predicted octanol–water partition coefficient (Wildman–Crippen LogP) is 0.888. The van der Waals surface area contributed by atoms with E-state index < -0.39 is 0 Å². The lowest BCUT2D eigenvalue weighted by Crippen LogP contribution is -2.47. The molecule has 2 rings (SSSR count). The molecule has 18 heavy (non-hydrogen) atoms. The van der Waals surface area contributed by atoms with Crippen molar-refractivity contribution < 1.29 is 4.74 Å². The first-order chi connectivity index (χ1) is 8.88. The molecule has 100 valence electrons. The molecule has 0 aromatic carbocycles. The number of ether oxygens (including phenoxy) is 1. The van der Waals surface area contributed by atoms with Gasteiger partial charge >= 0.3 is 0 Å². The summed E-state index contributed by atoms with van der Waals surface area (Å²) in [5, 5.41) is 0. The molecule has 0 aliphatic carbocycles. The van der Waals surface area contributed by atoms with Crippen molar-refractivity contribution in [2.75, 3.05) is 53.0 Å². The Morgan fingerprint density at radius 3 is 2.28 bits per heavy atom. The Morgan fingerprint density at radius 1 is 1.06 bits per heavy atom. The number of pyridine rings is 1. The van der Waals surface area contributed by atoms with Crippen molar-refractivity contribution in [3.05, 3.63) is 30.1 Å². The zero-order chi connectivity index (χ0) is 12.6. The van der Waals surface area contributed by atoms with Crippen LogP contribution in [0.2, 0.25) is 0 Å². The van der Waals surface area contributed by atoms with Crippen LogP contribution in [0.1, 0.15) is 5.56 Å². The lowest BCUT2D eigenvalue weighted by atomic mass is 10.2. The lowest BCUT2D eigenvalue weighted by molar-refractivity contribution is 0.0975. The zero-order valence-electron chi connectivity index (χ0n) is 11.2. The molecule has 1 saturated heterocycles. The maximum absolute atomic E-state index is 5.12. The van der Waals surface area contributed by atoms with Crippen molar-refractivity contribution in [2.24, 2.45) is 0 Å². The van der Waals surface area contributed by atoms with Crippen molar-refractivity contribution >= 4 is 0 Å². The Balaban J connectivity index is 1.65. The Kier molecular flexibility index (Phi) is 5.58. The van der Waals surface area contributed by atoms with Gasteiger partial charge < -0.3 is 9.64 Å². The first-order valence-corrected chi connectivity index (χ1v) is 6.71. The van der Waals surface area contributed by atoms with Gasteiger partial charge in [0.15, 0.2) is 0 Å². The average molecular weight is 249 g/mol. The van der Waals surface area contributed by atoms with Crippen molar-refractivity contribution in [3.8, 4) is 0 Å². The van der Waals surface area contributed by atoms with Crippen LogP contribution in [0.15, 0.2) is 24.5 Å². The molecule has 0 bridgehead atoms. The summed E-state index contributed by atoms with van der Waals surface area (Å²) in [6, 6.07) is 4.21. The van der Waals surface area contributed by atoms with Crippen molar-refractivity contribution in [3.63, 3.8) is 0 Å². The molecule has 0 saturated carbocycles. The molecule has 0 radical (unpaired) electrons. The summed E-state index contributed by atoms with van der Waals surface area (Å²) in [5.41, 5.74) is 1.38. The van der Waals surface area contributed by atoms with Crippen LogP contribution in [-0.4, -0.2) is 67.8 Å². The van der Waals surface area contributed by atoms with E-state index >= 15 is 0 Å². The van der Waals surface area contributed by atoms with Crippen LogP contribution in [0.5, 0.6) is 0 Å². The van der Waals surface area contributed by atoms with Gasteiger partial charge in [-0.1, -0.05) is 0 Å². The maximum atomic E-state index is 5.12. The number of hydrogen-bond acceptors (Lipinski definition) is 4. The summed E-state index contributed by atoms with van der Waals surface area (Å²) in [6.45, 7) is 7.75. The predicted molar refractivity (Wildman–Crippen MR) is 72.7 cm³/mol. The summed E-state index contributed by atoms with van der Waals surface area (Å²) in [6.07, 6.45) is 4.87. The molecule has 0 amide bonds. The van der Waals surface area contributed by atoms with Crippen LogP contribution in [0.4, 0.5) is 0 Å². The quantitative estimate of drug-likeness (QED) is 0.748. The summed E-state index contributed by atoms with van der Waals surface area (Å²) in [5.74, 6) is 0. The number of rotatable bonds is 6. The molecule has 0 N–H and O–H groups in total. The minimum absolute atomic E-state index is 0.844. The number of hydrogen-bond donors (Lipinski definition) is 0. The molecule has 1 fully saturated rings. The fraction of sp³-hybridized carbons (Fsp3) is 0.643. The first kappa shape index (κ1) is 13.5. The second-order valence-corrected chi connectivity index (χ2v) is 4.78. The lowest BCUT2D eigenvalue weighted by Gasteiger charge is -2.34. The highest BCUT2D eigenvalue weighted by molar-refractivity contribution is 5.09. The number of aromatic nitrogens is 1.